The molecule has 0 bridgehead atoms. The maximum Gasteiger partial charge on any atom is 0.274 e. The highest BCUT2D eigenvalue weighted by Gasteiger charge is 2.21. The van der Waals surface area contributed by atoms with Crippen molar-refractivity contribution < 1.29 is 10.0 Å². The number of aromatic hydroxyl groups is 1. The molecule has 2 aromatic rings. The molecule has 5 nitrogen and oxygen atoms in total. The van der Waals surface area contributed by atoms with Gasteiger partial charge in [0.2, 0.25) is 0 Å². The molecular formula is C11H10N2O3S. The molecule has 0 fully saturated rings. The summed E-state index contributed by atoms with van der Waals surface area (Å²) < 4.78 is 0. The van der Waals surface area contributed by atoms with Gasteiger partial charge < -0.3 is 10.8 Å². The van der Waals surface area contributed by atoms with Gasteiger partial charge in [-0.3, -0.25) is 10.1 Å². The van der Waals surface area contributed by atoms with Gasteiger partial charge >= 0.3 is 0 Å². The Morgan fingerprint density at radius 3 is 2.76 bits per heavy atom. The summed E-state index contributed by atoms with van der Waals surface area (Å²) in [5.41, 5.74) is 6.20. The standard InChI is InChI=1S/C11H10N2O3S/c12-11(10-2-1-5-17-10)8-6-7(14)3-4-9(8)13(15)16/h1-6,11,14H,12H2/t11-/m0/s1. The zero-order valence-corrected chi connectivity index (χ0v) is 9.55. The van der Waals surface area contributed by atoms with Crippen LogP contribution in [0.1, 0.15) is 16.5 Å². The molecule has 0 amide bonds. The number of nitro benzene ring substituents is 1. The largest absolute Gasteiger partial charge is 0.508 e. The van der Waals surface area contributed by atoms with E-state index in [4.69, 9.17) is 5.73 Å². The van der Waals surface area contributed by atoms with Gasteiger partial charge in [0.15, 0.2) is 0 Å². The maximum absolute atomic E-state index is 10.9. The zero-order chi connectivity index (χ0) is 12.4. The van der Waals surface area contributed by atoms with E-state index in [1.807, 2.05) is 17.5 Å². The first kappa shape index (κ1) is 11.6. The molecule has 1 heterocycles. The van der Waals surface area contributed by atoms with Crippen LogP contribution in [0.2, 0.25) is 0 Å². The van der Waals surface area contributed by atoms with Crippen molar-refractivity contribution in [2.75, 3.05) is 0 Å². The average molecular weight is 250 g/mol. The molecule has 0 radical (unpaired) electrons. The topological polar surface area (TPSA) is 89.4 Å². The van der Waals surface area contributed by atoms with Gasteiger partial charge in [-0.15, -0.1) is 11.3 Å². The van der Waals surface area contributed by atoms with Crippen molar-refractivity contribution in [3.05, 3.63) is 56.3 Å². The Morgan fingerprint density at radius 2 is 2.18 bits per heavy atom. The number of rotatable bonds is 3. The van der Waals surface area contributed by atoms with Crippen LogP contribution in [0, 0.1) is 10.1 Å². The van der Waals surface area contributed by atoms with E-state index in [9.17, 15) is 15.2 Å². The fraction of sp³-hybridized carbons (Fsp3) is 0.0909. The van der Waals surface area contributed by atoms with Crippen LogP contribution in [0.4, 0.5) is 5.69 Å². The molecular weight excluding hydrogens is 240 g/mol. The molecule has 6 heteroatoms. The summed E-state index contributed by atoms with van der Waals surface area (Å²) in [5.74, 6) is -0.0300. The quantitative estimate of drug-likeness (QED) is 0.646. The Hall–Kier alpha value is -1.92. The molecule has 17 heavy (non-hydrogen) atoms. The summed E-state index contributed by atoms with van der Waals surface area (Å²) in [6.07, 6.45) is 0. The van der Waals surface area contributed by atoms with Crippen LogP contribution in [0.25, 0.3) is 0 Å². The Balaban J connectivity index is 2.50. The first-order chi connectivity index (χ1) is 8.09. The van der Waals surface area contributed by atoms with E-state index in [0.29, 0.717) is 5.56 Å². The predicted molar refractivity (Wildman–Crippen MR) is 65.1 cm³/mol. The van der Waals surface area contributed by atoms with E-state index in [1.54, 1.807) is 0 Å². The molecule has 0 aliphatic carbocycles. The van der Waals surface area contributed by atoms with Crippen molar-refractivity contribution in [2.45, 2.75) is 6.04 Å². The lowest BCUT2D eigenvalue weighted by atomic mass is 10.0. The highest BCUT2D eigenvalue weighted by atomic mass is 32.1. The van der Waals surface area contributed by atoms with Crippen molar-refractivity contribution in [1.82, 2.24) is 0 Å². The van der Waals surface area contributed by atoms with Gasteiger partial charge in [-0.1, -0.05) is 6.07 Å². The van der Waals surface area contributed by atoms with Crippen molar-refractivity contribution in [2.24, 2.45) is 5.73 Å². The van der Waals surface area contributed by atoms with E-state index < -0.39 is 11.0 Å². The molecule has 1 aromatic carbocycles. The molecule has 0 aliphatic rings. The Morgan fingerprint density at radius 1 is 1.41 bits per heavy atom. The molecule has 3 N–H and O–H groups in total. The minimum absolute atomic E-state index is 0.0300. The number of phenols is 1. The number of nitro groups is 1. The summed E-state index contributed by atoms with van der Waals surface area (Å²) in [6, 6.07) is 6.92. The minimum atomic E-state index is -0.595. The highest BCUT2D eigenvalue weighted by molar-refractivity contribution is 7.10. The van der Waals surface area contributed by atoms with Crippen LogP contribution >= 0.6 is 11.3 Å². The number of nitrogens with zero attached hydrogens (tertiary/aromatic N) is 1. The highest BCUT2D eigenvalue weighted by Crippen LogP contribution is 2.32. The van der Waals surface area contributed by atoms with Crippen molar-refractivity contribution in [1.29, 1.82) is 0 Å². The molecule has 88 valence electrons. The number of hydrogen-bond acceptors (Lipinski definition) is 5. The van der Waals surface area contributed by atoms with Gasteiger partial charge in [0, 0.05) is 10.9 Å². The van der Waals surface area contributed by atoms with E-state index in [0.717, 1.165) is 4.88 Å². The summed E-state index contributed by atoms with van der Waals surface area (Å²) in [6.45, 7) is 0. The lowest BCUT2D eigenvalue weighted by Crippen LogP contribution is -2.12. The second-order valence-electron chi connectivity index (χ2n) is 3.49. The summed E-state index contributed by atoms with van der Waals surface area (Å²) in [5, 5.41) is 22.1. The fourth-order valence-electron chi connectivity index (χ4n) is 1.58. The van der Waals surface area contributed by atoms with Gasteiger partial charge in [0.1, 0.15) is 5.75 Å². The summed E-state index contributed by atoms with van der Waals surface area (Å²) in [4.78, 5) is 11.2. The van der Waals surface area contributed by atoms with Gasteiger partial charge in [0.05, 0.1) is 16.5 Å². The predicted octanol–water partition coefficient (Wildman–Crippen LogP) is 2.41. The van der Waals surface area contributed by atoms with E-state index in [2.05, 4.69) is 0 Å². The van der Waals surface area contributed by atoms with Crippen LogP contribution in [0.5, 0.6) is 5.75 Å². The van der Waals surface area contributed by atoms with Gasteiger partial charge in [-0.2, -0.15) is 0 Å². The first-order valence-electron chi connectivity index (χ1n) is 4.86. The minimum Gasteiger partial charge on any atom is -0.508 e. The van der Waals surface area contributed by atoms with E-state index >= 15 is 0 Å². The Labute approximate surface area is 101 Å². The fourth-order valence-corrected chi connectivity index (χ4v) is 2.32. The molecule has 0 spiro atoms. The second-order valence-corrected chi connectivity index (χ2v) is 4.47. The van der Waals surface area contributed by atoms with Crippen molar-refractivity contribution >= 4 is 17.0 Å². The van der Waals surface area contributed by atoms with Crippen LogP contribution in [0.15, 0.2) is 35.7 Å². The number of benzene rings is 1. The van der Waals surface area contributed by atoms with Crippen LogP contribution in [-0.4, -0.2) is 10.0 Å². The third kappa shape index (κ3) is 2.27. The van der Waals surface area contributed by atoms with Gasteiger partial charge in [0.25, 0.3) is 5.69 Å². The van der Waals surface area contributed by atoms with Gasteiger partial charge in [-0.05, 0) is 23.6 Å². The second kappa shape index (κ2) is 4.52. The van der Waals surface area contributed by atoms with Crippen LogP contribution in [0.3, 0.4) is 0 Å². The summed E-state index contributed by atoms with van der Waals surface area (Å²) >= 11 is 1.42. The normalized spacial score (nSPS) is 12.3. The maximum atomic E-state index is 10.9. The third-order valence-corrected chi connectivity index (χ3v) is 3.35. The van der Waals surface area contributed by atoms with E-state index in [-0.39, 0.29) is 11.4 Å². The Kier molecular flexibility index (Phi) is 3.08. The number of hydrogen-bond donors (Lipinski definition) is 2. The van der Waals surface area contributed by atoms with Crippen LogP contribution < -0.4 is 5.73 Å². The lowest BCUT2D eigenvalue weighted by molar-refractivity contribution is -0.385. The first-order valence-corrected chi connectivity index (χ1v) is 5.74. The number of thiophene rings is 1. The molecule has 0 unspecified atom stereocenters. The van der Waals surface area contributed by atoms with Crippen molar-refractivity contribution in [3.63, 3.8) is 0 Å². The molecule has 1 aromatic heterocycles. The number of nitrogens with two attached hydrogens (primary N) is 1. The Bertz CT molecular complexity index is 540. The van der Waals surface area contributed by atoms with E-state index in [1.165, 1.54) is 29.5 Å². The van der Waals surface area contributed by atoms with Crippen LogP contribution in [-0.2, 0) is 0 Å². The molecule has 0 aliphatic heterocycles. The molecule has 0 saturated heterocycles. The lowest BCUT2D eigenvalue weighted by Gasteiger charge is -2.10. The zero-order valence-electron chi connectivity index (χ0n) is 8.74. The third-order valence-electron chi connectivity index (χ3n) is 2.39. The smallest absolute Gasteiger partial charge is 0.274 e. The summed E-state index contributed by atoms with van der Waals surface area (Å²) in [7, 11) is 0. The average Bonchev–Trinajstić information content (AvgIpc) is 2.80. The number of phenolic OH excluding ortho intramolecular Hbond substituents is 1. The molecule has 1 atom stereocenters. The SMILES string of the molecule is N[C@H](c1cccs1)c1cc(O)ccc1[N+](=O)[O-]. The molecule has 0 saturated carbocycles. The van der Waals surface area contributed by atoms with Crippen molar-refractivity contribution in [3.8, 4) is 5.75 Å². The van der Waals surface area contributed by atoms with Gasteiger partial charge in [-0.25, -0.2) is 0 Å². The molecule has 2 rings (SSSR count). The monoisotopic (exact) mass is 250 g/mol.